The molecular formula is C21H19F3N6OS2. The quantitative estimate of drug-likeness (QED) is 0.422. The molecule has 172 valence electrons. The van der Waals surface area contributed by atoms with Crippen molar-refractivity contribution in [1.82, 2.24) is 9.59 Å². The minimum absolute atomic E-state index is 0.0180. The Morgan fingerprint density at radius 2 is 1.67 bits per heavy atom. The molecule has 12 heteroatoms. The minimum Gasteiger partial charge on any atom is -0.371 e. The van der Waals surface area contributed by atoms with Crippen molar-refractivity contribution in [2.75, 3.05) is 33.9 Å². The number of hydrogen-bond donors (Lipinski definition) is 3. The summed E-state index contributed by atoms with van der Waals surface area (Å²) in [5.41, 5.74) is 0.600. The Hall–Kier alpha value is -3.25. The van der Waals surface area contributed by atoms with Gasteiger partial charge in [-0.05, 0) is 73.0 Å². The van der Waals surface area contributed by atoms with Crippen LogP contribution in [-0.4, -0.2) is 33.7 Å². The molecule has 0 atom stereocenters. The van der Waals surface area contributed by atoms with E-state index in [2.05, 4.69) is 25.5 Å². The SMILES string of the molecule is O=C(Nc1ccc(NC(=S)Nc2cccc(N3CCCC3)c2C(F)(F)F)cc1)c1csnn1. The van der Waals surface area contributed by atoms with Crippen LogP contribution in [0.1, 0.15) is 28.9 Å². The molecule has 2 heterocycles. The third kappa shape index (κ3) is 5.57. The third-order valence-electron chi connectivity index (χ3n) is 5.01. The van der Waals surface area contributed by atoms with Crippen LogP contribution < -0.4 is 20.9 Å². The number of alkyl halides is 3. The zero-order valence-electron chi connectivity index (χ0n) is 17.1. The molecule has 0 aliphatic carbocycles. The first-order valence-electron chi connectivity index (χ1n) is 10.0. The topological polar surface area (TPSA) is 82.2 Å². The average Bonchev–Trinajstić information content (AvgIpc) is 3.48. The molecule has 4 rings (SSSR count). The molecule has 1 saturated heterocycles. The molecule has 3 aromatic rings. The highest BCUT2D eigenvalue weighted by molar-refractivity contribution is 7.80. The first kappa shape index (κ1) is 22.9. The normalized spacial score (nSPS) is 13.6. The van der Waals surface area contributed by atoms with Gasteiger partial charge in [-0.1, -0.05) is 10.6 Å². The van der Waals surface area contributed by atoms with Crippen LogP contribution in [0.5, 0.6) is 0 Å². The van der Waals surface area contributed by atoms with Gasteiger partial charge in [0.1, 0.15) is 5.56 Å². The molecule has 0 saturated carbocycles. The van der Waals surface area contributed by atoms with Gasteiger partial charge in [-0.15, -0.1) is 5.10 Å². The van der Waals surface area contributed by atoms with Gasteiger partial charge in [0.2, 0.25) is 0 Å². The fraction of sp³-hybridized carbons (Fsp3) is 0.238. The molecule has 1 aliphatic rings. The monoisotopic (exact) mass is 492 g/mol. The number of carbonyl (C=O) groups excluding carboxylic acids is 1. The maximum absolute atomic E-state index is 13.9. The highest BCUT2D eigenvalue weighted by Crippen LogP contribution is 2.42. The van der Waals surface area contributed by atoms with Gasteiger partial charge in [-0.2, -0.15) is 13.2 Å². The number of nitrogens with zero attached hydrogens (tertiary/aromatic N) is 3. The predicted octanol–water partition coefficient (Wildman–Crippen LogP) is 5.22. The molecule has 0 radical (unpaired) electrons. The van der Waals surface area contributed by atoms with Crippen molar-refractivity contribution >= 4 is 57.5 Å². The summed E-state index contributed by atoms with van der Waals surface area (Å²) in [5.74, 6) is -0.390. The Labute approximate surface area is 197 Å². The Kier molecular flexibility index (Phi) is 6.75. The number of carbonyl (C=O) groups is 1. The summed E-state index contributed by atoms with van der Waals surface area (Å²) in [7, 11) is 0. The zero-order valence-corrected chi connectivity index (χ0v) is 18.8. The van der Waals surface area contributed by atoms with Crippen molar-refractivity contribution in [1.29, 1.82) is 0 Å². The van der Waals surface area contributed by atoms with Gasteiger partial charge < -0.3 is 20.9 Å². The Balaban J connectivity index is 1.44. The Bertz CT molecular complexity index is 1130. The zero-order chi connectivity index (χ0) is 23.4. The lowest BCUT2D eigenvalue weighted by atomic mass is 10.1. The summed E-state index contributed by atoms with van der Waals surface area (Å²) in [4.78, 5) is 13.8. The second-order valence-electron chi connectivity index (χ2n) is 7.29. The van der Waals surface area contributed by atoms with E-state index in [0.717, 1.165) is 24.4 Å². The van der Waals surface area contributed by atoms with Crippen molar-refractivity contribution in [3.8, 4) is 0 Å². The van der Waals surface area contributed by atoms with E-state index in [-0.39, 0.29) is 28.1 Å². The number of benzene rings is 2. The van der Waals surface area contributed by atoms with Crippen molar-refractivity contribution in [3.63, 3.8) is 0 Å². The second kappa shape index (κ2) is 9.71. The van der Waals surface area contributed by atoms with E-state index in [1.165, 1.54) is 17.5 Å². The second-order valence-corrected chi connectivity index (χ2v) is 8.31. The molecule has 7 nitrogen and oxygen atoms in total. The summed E-state index contributed by atoms with van der Waals surface area (Å²) < 4.78 is 45.4. The molecule has 33 heavy (non-hydrogen) atoms. The van der Waals surface area contributed by atoms with E-state index in [9.17, 15) is 18.0 Å². The molecule has 3 N–H and O–H groups in total. The molecule has 1 fully saturated rings. The molecule has 1 amide bonds. The summed E-state index contributed by atoms with van der Waals surface area (Å²) in [6, 6.07) is 11.0. The number of nitrogens with one attached hydrogen (secondary N) is 3. The van der Waals surface area contributed by atoms with Crippen LogP contribution in [0.2, 0.25) is 0 Å². The molecular weight excluding hydrogens is 473 g/mol. The standard InChI is InChI=1S/C21H19F3N6OS2/c22-21(23,24)18-15(4-3-5-17(18)30-10-1-2-11-30)27-20(32)26-14-8-6-13(7-9-14)25-19(31)16-12-33-29-28-16/h3-9,12H,1-2,10-11H2,(H,25,31)(H2,26,27,32). The number of hydrogen-bond acceptors (Lipinski definition) is 6. The van der Waals surface area contributed by atoms with Gasteiger partial charge in [0.15, 0.2) is 10.8 Å². The number of thiocarbonyl (C=S) groups is 1. The largest absolute Gasteiger partial charge is 0.420 e. The van der Waals surface area contributed by atoms with Crippen molar-refractivity contribution in [3.05, 3.63) is 59.1 Å². The van der Waals surface area contributed by atoms with Crippen LogP contribution in [0.15, 0.2) is 47.8 Å². The van der Waals surface area contributed by atoms with E-state index < -0.39 is 11.7 Å². The number of rotatable bonds is 5. The van der Waals surface area contributed by atoms with Crippen LogP contribution >= 0.6 is 23.8 Å². The highest BCUT2D eigenvalue weighted by Gasteiger charge is 2.38. The molecule has 1 aliphatic heterocycles. The Morgan fingerprint density at radius 1 is 1.00 bits per heavy atom. The van der Waals surface area contributed by atoms with Gasteiger partial charge in [0.25, 0.3) is 5.91 Å². The number of halogens is 3. The van der Waals surface area contributed by atoms with E-state index in [4.69, 9.17) is 12.2 Å². The fourth-order valence-electron chi connectivity index (χ4n) is 3.54. The molecule has 1 aromatic heterocycles. The van der Waals surface area contributed by atoms with Crippen LogP contribution in [-0.2, 0) is 6.18 Å². The van der Waals surface area contributed by atoms with Crippen molar-refractivity contribution < 1.29 is 18.0 Å². The first-order valence-corrected chi connectivity index (χ1v) is 11.3. The third-order valence-corrected chi connectivity index (χ3v) is 5.72. The lowest BCUT2D eigenvalue weighted by Gasteiger charge is -2.25. The van der Waals surface area contributed by atoms with Crippen LogP contribution in [0, 0.1) is 0 Å². The molecule has 0 spiro atoms. The summed E-state index contributed by atoms with van der Waals surface area (Å²) in [6.45, 7) is 1.19. The maximum Gasteiger partial charge on any atom is 0.420 e. The molecule has 2 aromatic carbocycles. The lowest BCUT2D eigenvalue weighted by molar-refractivity contribution is -0.136. The molecule has 0 unspecified atom stereocenters. The highest BCUT2D eigenvalue weighted by atomic mass is 32.1. The van der Waals surface area contributed by atoms with Crippen LogP contribution in [0.4, 0.5) is 35.9 Å². The number of anilines is 4. The van der Waals surface area contributed by atoms with Crippen LogP contribution in [0.25, 0.3) is 0 Å². The smallest absolute Gasteiger partial charge is 0.371 e. The van der Waals surface area contributed by atoms with Gasteiger partial charge >= 0.3 is 6.18 Å². The van der Waals surface area contributed by atoms with E-state index >= 15 is 0 Å². The summed E-state index contributed by atoms with van der Waals surface area (Å²) in [6.07, 6.45) is -2.80. The van der Waals surface area contributed by atoms with Crippen LogP contribution in [0.3, 0.4) is 0 Å². The van der Waals surface area contributed by atoms with E-state index in [1.807, 2.05) is 0 Å². The van der Waals surface area contributed by atoms with E-state index in [0.29, 0.717) is 24.5 Å². The molecule has 0 bridgehead atoms. The number of aromatic nitrogens is 2. The maximum atomic E-state index is 13.9. The van der Waals surface area contributed by atoms with Gasteiger partial charge in [-0.3, -0.25) is 4.79 Å². The average molecular weight is 493 g/mol. The van der Waals surface area contributed by atoms with Gasteiger partial charge in [-0.25, -0.2) is 0 Å². The Morgan fingerprint density at radius 3 is 2.27 bits per heavy atom. The lowest BCUT2D eigenvalue weighted by Crippen LogP contribution is -2.25. The van der Waals surface area contributed by atoms with Gasteiger partial charge in [0.05, 0.1) is 11.4 Å². The first-order chi connectivity index (χ1) is 15.8. The summed E-state index contributed by atoms with van der Waals surface area (Å²) in [5, 5.41) is 13.5. The predicted molar refractivity (Wildman–Crippen MR) is 127 cm³/mol. The summed E-state index contributed by atoms with van der Waals surface area (Å²) >= 11 is 6.32. The van der Waals surface area contributed by atoms with Gasteiger partial charge in [0, 0.05) is 29.8 Å². The minimum atomic E-state index is -4.54. The van der Waals surface area contributed by atoms with Crippen molar-refractivity contribution in [2.24, 2.45) is 0 Å². The van der Waals surface area contributed by atoms with E-state index in [1.54, 1.807) is 35.2 Å². The fourth-order valence-corrected chi connectivity index (χ4v) is 4.21. The van der Waals surface area contributed by atoms with Crippen molar-refractivity contribution in [2.45, 2.75) is 19.0 Å². The number of amides is 1.